The number of fused-ring (bicyclic) bond motifs is 1. The fourth-order valence-corrected chi connectivity index (χ4v) is 4.45. The number of likely N-dealkylation sites (tertiary alicyclic amines) is 1. The van der Waals surface area contributed by atoms with E-state index in [0.29, 0.717) is 35.9 Å². The number of nitrogens with one attached hydrogen (secondary N) is 1. The van der Waals surface area contributed by atoms with Crippen LogP contribution in [0.4, 0.5) is 0 Å². The van der Waals surface area contributed by atoms with Crippen LogP contribution in [0.15, 0.2) is 30.0 Å². The van der Waals surface area contributed by atoms with Crippen molar-refractivity contribution < 1.29 is 19.1 Å². The van der Waals surface area contributed by atoms with Gasteiger partial charge in [-0.3, -0.25) is 9.59 Å². The minimum absolute atomic E-state index is 0.116. The van der Waals surface area contributed by atoms with E-state index in [1.54, 1.807) is 32.4 Å². The average molecular weight is 384 g/mol. The van der Waals surface area contributed by atoms with Gasteiger partial charge in [-0.2, -0.15) is 0 Å². The van der Waals surface area contributed by atoms with Gasteiger partial charge < -0.3 is 19.7 Å². The molecule has 0 aromatic heterocycles. The molecule has 1 atom stereocenters. The van der Waals surface area contributed by atoms with Gasteiger partial charge in [0.05, 0.1) is 14.2 Å². The zero-order valence-electron chi connectivity index (χ0n) is 16.6. The topological polar surface area (TPSA) is 67.9 Å². The number of allylic oxidation sites excluding steroid dienone is 1. The van der Waals surface area contributed by atoms with Crippen LogP contribution in [0, 0.1) is 11.3 Å². The molecule has 2 aliphatic carbocycles. The fourth-order valence-electron chi connectivity index (χ4n) is 4.45. The first-order chi connectivity index (χ1) is 13.6. The number of rotatable bonds is 7. The highest BCUT2D eigenvalue weighted by Crippen LogP contribution is 2.48. The van der Waals surface area contributed by atoms with Gasteiger partial charge in [-0.05, 0) is 56.2 Å². The van der Waals surface area contributed by atoms with Gasteiger partial charge in [0.1, 0.15) is 0 Å². The number of piperidine rings is 1. The highest BCUT2D eigenvalue weighted by Gasteiger charge is 2.46. The quantitative estimate of drug-likeness (QED) is 0.784. The molecule has 1 saturated heterocycles. The highest BCUT2D eigenvalue weighted by molar-refractivity contribution is 5.95. The predicted octanol–water partition coefficient (Wildman–Crippen LogP) is 3.13. The summed E-state index contributed by atoms with van der Waals surface area (Å²) in [6.07, 6.45) is 7.99. The van der Waals surface area contributed by atoms with E-state index in [-0.39, 0.29) is 17.2 Å². The Hall–Kier alpha value is -2.50. The van der Waals surface area contributed by atoms with Gasteiger partial charge in [0.2, 0.25) is 5.91 Å². The summed E-state index contributed by atoms with van der Waals surface area (Å²) in [6, 6.07) is 5.17. The smallest absolute Gasteiger partial charge is 0.251 e. The Kier molecular flexibility index (Phi) is 5.04. The minimum Gasteiger partial charge on any atom is -0.493 e. The van der Waals surface area contributed by atoms with Crippen LogP contribution in [0.2, 0.25) is 0 Å². The average Bonchev–Trinajstić information content (AvgIpc) is 3.44. The van der Waals surface area contributed by atoms with E-state index in [0.717, 1.165) is 31.5 Å². The lowest BCUT2D eigenvalue weighted by molar-refractivity contribution is -0.133. The number of ether oxygens (including phenoxy) is 2. The van der Waals surface area contributed by atoms with E-state index in [9.17, 15) is 9.59 Å². The molecule has 0 spiro atoms. The first kappa shape index (κ1) is 18.8. The molecule has 2 amide bonds. The Bertz CT molecular complexity index is 815. The molecule has 1 saturated carbocycles. The number of hydrogen-bond acceptors (Lipinski definition) is 4. The molecule has 0 bridgehead atoms. The molecule has 3 aliphatic rings. The van der Waals surface area contributed by atoms with Crippen molar-refractivity contribution in [2.75, 3.05) is 27.3 Å². The van der Waals surface area contributed by atoms with Crippen molar-refractivity contribution in [3.63, 3.8) is 0 Å². The van der Waals surface area contributed by atoms with E-state index >= 15 is 0 Å². The molecule has 0 radical (unpaired) electrons. The number of carbonyl (C=O) groups excluding carboxylic acids is 2. The van der Waals surface area contributed by atoms with Crippen molar-refractivity contribution in [2.45, 2.75) is 38.5 Å². The Morgan fingerprint density at radius 2 is 2.00 bits per heavy atom. The Labute approximate surface area is 165 Å². The van der Waals surface area contributed by atoms with E-state index in [1.807, 2.05) is 4.90 Å². The summed E-state index contributed by atoms with van der Waals surface area (Å²) in [6.45, 7) is 1.40. The normalized spacial score (nSPS) is 23.9. The van der Waals surface area contributed by atoms with Crippen molar-refractivity contribution in [3.8, 4) is 11.5 Å². The lowest BCUT2D eigenvalue weighted by Gasteiger charge is -2.42. The maximum atomic E-state index is 12.8. The number of benzene rings is 1. The number of nitrogens with zero attached hydrogens (tertiary/aromatic N) is 1. The summed E-state index contributed by atoms with van der Waals surface area (Å²) in [7, 11) is 3.13. The van der Waals surface area contributed by atoms with Crippen molar-refractivity contribution >= 4 is 11.8 Å². The molecule has 2 fully saturated rings. The summed E-state index contributed by atoms with van der Waals surface area (Å²) in [5, 5.41) is 3.11. The number of amides is 2. The summed E-state index contributed by atoms with van der Waals surface area (Å²) in [5.41, 5.74) is 1.57. The second-order valence-corrected chi connectivity index (χ2v) is 8.11. The molecule has 1 aliphatic heterocycles. The second kappa shape index (κ2) is 7.49. The third-order valence-corrected chi connectivity index (χ3v) is 6.28. The van der Waals surface area contributed by atoms with Gasteiger partial charge >= 0.3 is 0 Å². The lowest BCUT2D eigenvalue weighted by Crippen LogP contribution is -2.48. The lowest BCUT2D eigenvalue weighted by atomic mass is 9.76. The monoisotopic (exact) mass is 384 g/mol. The van der Waals surface area contributed by atoms with Crippen LogP contribution in [0.1, 0.15) is 48.9 Å². The summed E-state index contributed by atoms with van der Waals surface area (Å²) in [4.78, 5) is 27.3. The third-order valence-electron chi connectivity index (χ3n) is 6.28. The van der Waals surface area contributed by atoms with E-state index in [2.05, 4.69) is 11.4 Å². The molecule has 6 nitrogen and oxygen atoms in total. The molecule has 28 heavy (non-hydrogen) atoms. The molecule has 6 heteroatoms. The molecule has 1 aromatic rings. The first-order valence-corrected chi connectivity index (χ1v) is 10.1. The van der Waals surface area contributed by atoms with Gasteiger partial charge in [-0.25, -0.2) is 0 Å². The van der Waals surface area contributed by atoms with Gasteiger partial charge in [0.25, 0.3) is 5.91 Å². The third kappa shape index (κ3) is 3.48. The molecule has 1 N–H and O–H groups in total. The van der Waals surface area contributed by atoms with Gasteiger partial charge in [0, 0.05) is 36.2 Å². The maximum absolute atomic E-state index is 12.8. The molecular formula is C22H28N2O4. The fraction of sp³-hybridized carbons (Fsp3) is 0.545. The predicted molar refractivity (Wildman–Crippen MR) is 105 cm³/mol. The van der Waals surface area contributed by atoms with Gasteiger partial charge in [0.15, 0.2) is 11.5 Å². The minimum atomic E-state index is -0.132. The summed E-state index contributed by atoms with van der Waals surface area (Å²) in [5.74, 6) is 1.89. The van der Waals surface area contributed by atoms with Crippen LogP contribution in [-0.2, 0) is 4.79 Å². The van der Waals surface area contributed by atoms with Crippen LogP contribution < -0.4 is 14.8 Å². The number of hydrogen-bond donors (Lipinski definition) is 1. The molecule has 1 unspecified atom stereocenters. The summed E-state index contributed by atoms with van der Waals surface area (Å²) < 4.78 is 10.5. The van der Waals surface area contributed by atoms with Crippen molar-refractivity contribution in [1.29, 1.82) is 0 Å². The molecule has 150 valence electrons. The summed E-state index contributed by atoms with van der Waals surface area (Å²) >= 11 is 0. The van der Waals surface area contributed by atoms with E-state index < -0.39 is 0 Å². The largest absolute Gasteiger partial charge is 0.493 e. The van der Waals surface area contributed by atoms with Crippen molar-refractivity contribution in [1.82, 2.24) is 10.2 Å². The van der Waals surface area contributed by atoms with Crippen LogP contribution in [0.5, 0.6) is 11.5 Å². The molecule has 1 aromatic carbocycles. The number of carbonyl (C=O) groups is 2. The van der Waals surface area contributed by atoms with Crippen LogP contribution in [0.3, 0.4) is 0 Å². The number of methoxy groups -OCH3 is 2. The van der Waals surface area contributed by atoms with Crippen LogP contribution in [0.25, 0.3) is 0 Å². The van der Waals surface area contributed by atoms with Gasteiger partial charge in [-0.1, -0.05) is 6.08 Å². The highest BCUT2D eigenvalue weighted by atomic mass is 16.5. The van der Waals surface area contributed by atoms with E-state index in [4.69, 9.17) is 9.47 Å². The SMILES string of the molecule is COc1ccc(C(=O)NCC23CCC=C2N(CC2CC2)C(=O)CC3)cc1OC. The van der Waals surface area contributed by atoms with Gasteiger partial charge in [-0.15, -0.1) is 0 Å². The Morgan fingerprint density at radius 1 is 1.21 bits per heavy atom. The van der Waals surface area contributed by atoms with Crippen LogP contribution in [-0.4, -0.2) is 44.0 Å². The molecular weight excluding hydrogens is 356 g/mol. The molecule has 1 heterocycles. The molecule has 4 rings (SSSR count). The zero-order valence-corrected chi connectivity index (χ0v) is 16.6. The van der Waals surface area contributed by atoms with Crippen LogP contribution >= 0.6 is 0 Å². The second-order valence-electron chi connectivity index (χ2n) is 8.11. The van der Waals surface area contributed by atoms with Crippen molar-refractivity contribution in [3.05, 3.63) is 35.5 Å². The zero-order chi connectivity index (χ0) is 19.7. The first-order valence-electron chi connectivity index (χ1n) is 10.1. The maximum Gasteiger partial charge on any atom is 0.251 e. The Morgan fingerprint density at radius 3 is 2.71 bits per heavy atom. The van der Waals surface area contributed by atoms with E-state index in [1.165, 1.54) is 12.8 Å². The standard InChI is InChI=1S/C22H28N2O4/c1-27-17-8-7-16(12-18(17)28-2)21(26)23-14-22-10-3-4-19(22)24(13-15-5-6-15)20(25)9-11-22/h4,7-8,12,15H,3,5-6,9-11,13-14H2,1-2H3,(H,23,26). The Balaban J connectivity index is 1.47. The van der Waals surface area contributed by atoms with Crippen molar-refractivity contribution in [2.24, 2.45) is 11.3 Å².